The molecule has 1 aromatic heterocycles. The Kier molecular flexibility index (Phi) is 3.69. The van der Waals surface area contributed by atoms with Crippen LogP contribution in [-0.2, 0) is 26.1 Å². The van der Waals surface area contributed by atoms with Crippen LogP contribution < -0.4 is 10.6 Å². The second-order valence-corrected chi connectivity index (χ2v) is 5.28. The number of fused-ring (bicyclic) bond motifs is 1. The second kappa shape index (κ2) is 5.61. The Morgan fingerprint density at radius 3 is 3.22 bits per heavy atom. The van der Waals surface area contributed by atoms with E-state index >= 15 is 0 Å². The van der Waals surface area contributed by atoms with Crippen molar-refractivity contribution in [3.05, 3.63) is 51.5 Å². The van der Waals surface area contributed by atoms with Gasteiger partial charge in [0.25, 0.3) is 0 Å². The number of rotatable bonds is 4. The molecule has 0 saturated heterocycles. The van der Waals surface area contributed by atoms with Crippen LogP contribution in [0, 0.1) is 0 Å². The van der Waals surface area contributed by atoms with Crippen molar-refractivity contribution < 1.29 is 0 Å². The Labute approximate surface area is 111 Å². The van der Waals surface area contributed by atoms with Crippen LogP contribution in [0.5, 0.6) is 0 Å². The molecule has 2 aromatic rings. The first-order valence-electron chi connectivity index (χ1n) is 6.31. The van der Waals surface area contributed by atoms with Gasteiger partial charge in [0.05, 0.1) is 11.2 Å². The summed E-state index contributed by atoms with van der Waals surface area (Å²) in [6.07, 6.45) is 1.14. The summed E-state index contributed by atoms with van der Waals surface area (Å²) in [6.45, 7) is 3.89. The summed E-state index contributed by atoms with van der Waals surface area (Å²) >= 11 is 1.65. The van der Waals surface area contributed by atoms with Gasteiger partial charge in [-0.3, -0.25) is 0 Å². The number of hydrogen-bond donors (Lipinski definition) is 2. The Balaban J connectivity index is 1.65. The van der Waals surface area contributed by atoms with Gasteiger partial charge in [-0.1, -0.05) is 18.2 Å². The van der Waals surface area contributed by atoms with Crippen molar-refractivity contribution in [2.75, 3.05) is 6.54 Å². The highest BCUT2D eigenvalue weighted by Crippen LogP contribution is 2.18. The molecule has 2 heterocycles. The third kappa shape index (κ3) is 2.61. The minimum absolute atomic E-state index is 0.853. The molecule has 18 heavy (non-hydrogen) atoms. The van der Waals surface area contributed by atoms with Gasteiger partial charge in [-0.25, -0.2) is 4.98 Å². The van der Waals surface area contributed by atoms with Gasteiger partial charge in [0.2, 0.25) is 0 Å². The van der Waals surface area contributed by atoms with Crippen LogP contribution in [0.15, 0.2) is 29.1 Å². The molecule has 0 unspecified atom stereocenters. The van der Waals surface area contributed by atoms with Crippen LogP contribution in [-0.4, -0.2) is 11.5 Å². The average Bonchev–Trinajstić information content (AvgIpc) is 2.92. The Morgan fingerprint density at radius 2 is 2.33 bits per heavy atom. The van der Waals surface area contributed by atoms with Gasteiger partial charge in [0.1, 0.15) is 0 Å². The normalized spacial score (nSPS) is 14.4. The highest BCUT2D eigenvalue weighted by Gasteiger charge is 2.11. The minimum atomic E-state index is 0.853. The lowest BCUT2D eigenvalue weighted by molar-refractivity contribution is 0.624. The molecule has 1 aromatic carbocycles. The molecule has 4 heteroatoms. The monoisotopic (exact) mass is 259 g/mol. The van der Waals surface area contributed by atoms with E-state index in [0.717, 1.165) is 38.3 Å². The summed E-state index contributed by atoms with van der Waals surface area (Å²) in [5, 5.41) is 8.99. The van der Waals surface area contributed by atoms with Crippen LogP contribution in [0.25, 0.3) is 0 Å². The fourth-order valence-electron chi connectivity index (χ4n) is 2.43. The maximum absolute atomic E-state index is 4.28. The Bertz CT molecular complexity index is 508. The largest absolute Gasteiger partial charge is 0.312 e. The molecular weight excluding hydrogens is 242 g/mol. The molecule has 1 aliphatic heterocycles. The molecule has 1 aliphatic rings. The van der Waals surface area contributed by atoms with Crippen LogP contribution in [0.4, 0.5) is 0 Å². The fourth-order valence-corrected chi connectivity index (χ4v) is 2.99. The van der Waals surface area contributed by atoms with Crippen molar-refractivity contribution in [1.29, 1.82) is 0 Å². The van der Waals surface area contributed by atoms with E-state index < -0.39 is 0 Å². The van der Waals surface area contributed by atoms with E-state index in [2.05, 4.69) is 39.2 Å². The van der Waals surface area contributed by atoms with E-state index in [0.29, 0.717) is 0 Å². The van der Waals surface area contributed by atoms with E-state index in [1.54, 1.807) is 11.3 Å². The van der Waals surface area contributed by atoms with Gasteiger partial charge in [0.15, 0.2) is 0 Å². The first-order chi connectivity index (χ1) is 8.93. The van der Waals surface area contributed by atoms with E-state index in [1.165, 1.54) is 16.7 Å². The van der Waals surface area contributed by atoms with Gasteiger partial charge < -0.3 is 10.6 Å². The topological polar surface area (TPSA) is 37.0 Å². The maximum atomic E-state index is 4.28. The molecule has 2 N–H and O–H groups in total. The van der Waals surface area contributed by atoms with Crippen molar-refractivity contribution >= 4 is 11.3 Å². The van der Waals surface area contributed by atoms with E-state index in [1.807, 2.05) is 5.51 Å². The Morgan fingerprint density at radius 1 is 1.33 bits per heavy atom. The lowest BCUT2D eigenvalue weighted by Gasteiger charge is -2.20. The van der Waals surface area contributed by atoms with Crippen LogP contribution in [0.2, 0.25) is 0 Å². The molecule has 0 saturated carbocycles. The predicted octanol–water partition coefficient (Wildman–Crippen LogP) is 2.08. The zero-order valence-electron chi connectivity index (χ0n) is 10.3. The SMILES string of the molecule is c1cc2c(c(CNCc3cscn3)c1)CCNC2. The van der Waals surface area contributed by atoms with E-state index in [4.69, 9.17) is 0 Å². The molecular formula is C14H17N3S. The standard InChI is InChI=1S/C14H17N3S/c1-2-11-6-15-5-4-14(11)12(3-1)7-16-8-13-9-18-10-17-13/h1-3,9-10,15-16H,4-8H2. The molecule has 3 nitrogen and oxygen atoms in total. The van der Waals surface area contributed by atoms with Crippen LogP contribution >= 0.6 is 11.3 Å². The highest BCUT2D eigenvalue weighted by molar-refractivity contribution is 7.07. The number of benzene rings is 1. The lowest BCUT2D eigenvalue weighted by Crippen LogP contribution is -2.25. The maximum Gasteiger partial charge on any atom is 0.0795 e. The molecule has 0 bridgehead atoms. The van der Waals surface area contributed by atoms with Crippen molar-refractivity contribution in [1.82, 2.24) is 15.6 Å². The predicted molar refractivity (Wildman–Crippen MR) is 74.5 cm³/mol. The first-order valence-corrected chi connectivity index (χ1v) is 7.26. The molecule has 94 valence electrons. The first kappa shape index (κ1) is 11.8. The molecule has 3 rings (SSSR count). The van der Waals surface area contributed by atoms with Gasteiger partial charge in [0, 0.05) is 25.0 Å². The molecule has 0 spiro atoms. The average molecular weight is 259 g/mol. The third-order valence-electron chi connectivity index (χ3n) is 3.34. The van der Waals surface area contributed by atoms with Crippen molar-refractivity contribution in [2.24, 2.45) is 0 Å². The second-order valence-electron chi connectivity index (χ2n) is 4.56. The highest BCUT2D eigenvalue weighted by atomic mass is 32.1. The molecule has 0 amide bonds. The van der Waals surface area contributed by atoms with Crippen LogP contribution in [0.3, 0.4) is 0 Å². The van der Waals surface area contributed by atoms with Gasteiger partial charge in [-0.05, 0) is 29.7 Å². The zero-order valence-corrected chi connectivity index (χ0v) is 11.1. The van der Waals surface area contributed by atoms with E-state index in [-0.39, 0.29) is 0 Å². The number of nitrogens with zero attached hydrogens (tertiary/aromatic N) is 1. The summed E-state index contributed by atoms with van der Waals surface area (Å²) in [4.78, 5) is 4.28. The Hall–Kier alpha value is -1.23. The number of hydrogen-bond acceptors (Lipinski definition) is 4. The third-order valence-corrected chi connectivity index (χ3v) is 3.98. The van der Waals surface area contributed by atoms with E-state index in [9.17, 15) is 0 Å². The summed E-state index contributed by atoms with van der Waals surface area (Å²) in [5.74, 6) is 0. The van der Waals surface area contributed by atoms with Crippen molar-refractivity contribution in [3.8, 4) is 0 Å². The van der Waals surface area contributed by atoms with Crippen molar-refractivity contribution in [3.63, 3.8) is 0 Å². The number of nitrogens with one attached hydrogen (secondary N) is 2. The minimum Gasteiger partial charge on any atom is -0.312 e. The van der Waals surface area contributed by atoms with Gasteiger partial charge >= 0.3 is 0 Å². The lowest BCUT2D eigenvalue weighted by atomic mass is 9.95. The molecule has 0 atom stereocenters. The van der Waals surface area contributed by atoms with Crippen LogP contribution in [0.1, 0.15) is 22.4 Å². The summed E-state index contributed by atoms with van der Waals surface area (Å²) in [7, 11) is 0. The summed E-state index contributed by atoms with van der Waals surface area (Å²) < 4.78 is 0. The fraction of sp³-hybridized carbons (Fsp3) is 0.357. The molecule has 0 aliphatic carbocycles. The number of aromatic nitrogens is 1. The molecule has 0 fully saturated rings. The smallest absolute Gasteiger partial charge is 0.0795 e. The zero-order chi connectivity index (χ0) is 12.2. The molecule has 0 radical (unpaired) electrons. The van der Waals surface area contributed by atoms with Gasteiger partial charge in [-0.15, -0.1) is 11.3 Å². The quantitative estimate of drug-likeness (QED) is 0.882. The van der Waals surface area contributed by atoms with Crippen molar-refractivity contribution in [2.45, 2.75) is 26.1 Å². The van der Waals surface area contributed by atoms with Gasteiger partial charge in [-0.2, -0.15) is 0 Å². The summed E-state index contributed by atoms with van der Waals surface area (Å²) in [6, 6.07) is 6.62. The number of thiazole rings is 1. The summed E-state index contributed by atoms with van der Waals surface area (Å²) in [5.41, 5.74) is 7.43.